The molecule has 2 aromatic carbocycles. The average molecular weight is 441 g/mol. The highest BCUT2D eigenvalue weighted by atomic mass is 19.4. The number of hydrogen-bond donors (Lipinski definition) is 1. The quantitative estimate of drug-likeness (QED) is 0.662. The van der Waals surface area contributed by atoms with Gasteiger partial charge in [0.05, 0.1) is 25.4 Å². The lowest BCUT2D eigenvalue weighted by Crippen LogP contribution is -2.64. The van der Waals surface area contributed by atoms with Gasteiger partial charge in [0, 0.05) is 0 Å². The van der Waals surface area contributed by atoms with Crippen LogP contribution in [0.1, 0.15) is 18.1 Å². The Balaban J connectivity index is 1.74. The molecule has 0 bridgehead atoms. The molecule has 2 aromatic rings. The summed E-state index contributed by atoms with van der Waals surface area (Å²) in [6.07, 6.45) is -10.8. The molecule has 1 heterocycles. The fourth-order valence-electron chi connectivity index (χ4n) is 3.27. The fraction of sp³-hybridized carbons (Fsp3) is 0.409. The Labute approximate surface area is 177 Å². The number of alkyl halides is 4. The first-order valence-electron chi connectivity index (χ1n) is 9.74. The molecule has 1 aliphatic rings. The number of carbonyl (C=O) groups excluding carboxylic acids is 1. The Bertz CT molecular complexity index is 834. The third-order valence-electron chi connectivity index (χ3n) is 4.88. The normalized spacial score (nSPS) is 26.4. The zero-order valence-corrected chi connectivity index (χ0v) is 16.7. The molecular weight excluding hydrogens is 418 g/mol. The average Bonchev–Trinajstić information content (AvgIpc) is 2.75. The van der Waals surface area contributed by atoms with Crippen LogP contribution in [0.5, 0.6) is 0 Å². The zero-order chi connectivity index (χ0) is 22.4. The lowest BCUT2D eigenvalue weighted by atomic mass is 9.97. The number of benzene rings is 2. The van der Waals surface area contributed by atoms with E-state index in [1.54, 1.807) is 54.6 Å². The first-order valence-corrected chi connectivity index (χ1v) is 9.74. The van der Waals surface area contributed by atoms with Gasteiger partial charge in [-0.3, -0.25) is 4.79 Å². The monoisotopic (exact) mass is 441 g/mol. The summed E-state index contributed by atoms with van der Waals surface area (Å²) in [6, 6.07) is 16.4. The molecule has 1 fully saturated rings. The van der Waals surface area contributed by atoms with Gasteiger partial charge in [-0.25, -0.2) is 4.39 Å². The Morgan fingerprint density at radius 1 is 0.968 bits per heavy atom. The van der Waals surface area contributed by atoms with E-state index < -0.39 is 42.8 Å². The van der Waals surface area contributed by atoms with Crippen molar-refractivity contribution in [3.05, 3.63) is 71.8 Å². The summed E-state index contributed by atoms with van der Waals surface area (Å²) >= 11 is 0. The molecule has 31 heavy (non-hydrogen) atoms. The second-order valence-electron chi connectivity index (χ2n) is 7.21. The lowest BCUT2D eigenvalue weighted by molar-refractivity contribution is -0.268. The van der Waals surface area contributed by atoms with E-state index >= 15 is 4.39 Å². The smallest absolute Gasteiger partial charge is 0.368 e. The van der Waals surface area contributed by atoms with Crippen LogP contribution in [0.3, 0.4) is 0 Å². The SMILES string of the molecule is C[C@H]1O[C@H](OCc2ccccc2)[C@H](F)[C@@H](OCc2ccccc2)[C@H]1NC(=O)C(F)(F)F. The number of ether oxygens (including phenoxy) is 3. The van der Waals surface area contributed by atoms with Crippen LogP contribution in [-0.4, -0.2) is 42.8 Å². The number of amides is 1. The van der Waals surface area contributed by atoms with Crippen molar-refractivity contribution in [3.63, 3.8) is 0 Å². The molecular formula is C22H23F4NO4. The van der Waals surface area contributed by atoms with Gasteiger partial charge in [-0.15, -0.1) is 0 Å². The van der Waals surface area contributed by atoms with E-state index in [2.05, 4.69) is 0 Å². The number of halogens is 4. The van der Waals surface area contributed by atoms with E-state index in [9.17, 15) is 18.0 Å². The van der Waals surface area contributed by atoms with Crippen LogP contribution >= 0.6 is 0 Å². The van der Waals surface area contributed by atoms with Gasteiger partial charge in [-0.05, 0) is 18.1 Å². The van der Waals surface area contributed by atoms with Gasteiger partial charge < -0.3 is 19.5 Å². The molecule has 0 spiro atoms. The van der Waals surface area contributed by atoms with E-state index in [0.29, 0.717) is 5.56 Å². The van der Waals surface area contributed by atoms with Crippen molar-refractivity contribution in [1.82, 2.24) is 5.32 Å². The van der Waals surface area contributed by atoms with E-state index in [0.717, 1.165) is 5.56 Å². The number of carbonyl (C=O) groups is 1. The third-order valence-corrected chi connectivity index (χ3v) is 4.88. The van der Waals surface area contributed by atoms with Crippen molar-refractivity contribution in [2.24, 2.45) is 0 Å². The largest absolute Gasteiger partial charge is 0.471 e. The third kappa shape index (κ3) is 6.25. The van der Waals surface area contributed by atoms with Gasteiger partial charge in [-0.2, -0.15) is 13.2 Å². The lowest BCUT2D eigenvalue weighted by Gasteiger charge is -2.42. The first-order chi connectivity index (χ1) is 14.8. The summed E-state index contributed by atoms with van der Waals surface area (Å²) in [6.45, 7) is 1.43. The minimum absolute atomic E-state index is 0.0453. The molecule has 1 saturated heterocycles. The molecule has 1 aliphatic heterocycles. The first kappa shape index (κ1) is 23.2. The van der Waals surface area contributed by atoms with Crippen molar-refractivity contribution in [2.45, 2.75) is 57.0 Å². The highest BCUT2D eigenvalue weighted by Crippen LogP contribution is 2.29. The highest BCUT2D eigenvalue weighted by Gasteiger charge is 2.49. The van der Waals surface area contributed by atoms with Gasteiger partial charge in [0.15, 0.2) is 12.5 Å². The van der Waals surface area contributed by atoms with Crippen molar-refractivity contribution in [1.29, 1.82) is 0 Å². The highest BCUT2D eigenvalue weighted by molar-refractivity contribution is 5.82. The van der Waals surface area contributed by atoms with Crippen molar-refractivity contribution < 1.29 is 36.6 Å². The van der Waals surface area contributed by atoms with E-state index in [4.69, 9.17) is 14.2 Å². The molecule has 0 aliphatic carbocycles. The van der Waals surface area contributed by atoms with E-state index in [1.807, 2.05) is 11.4 Å². The summed E-state index contributed by atoms with van der Waals surface area (Å²) in [4.78, 5) is 11.5. The van der Waals surface area contributed by atoms with Crippen molar-refractivity contribution >= 4 is 5.91 Å². The molecule has 0 saturated carbocycles. The summed E-state index contributed by atoms with van der Waals surface area (Å²) in [5.41, 5.74) is 1.48. The van der Waals surface area contributed by atoms with Crippen LogP contribution in [0.2, 0.25) is 0 Å². The van der Waals surface area contributed by atoms with Crippen molar-refractivity contribution in [3.8, 4) is 0 Å². The molecule has 9 heteroatoms. The molecule has 0 radical (unpaired) electrons. The van der Waals surface area contributed by atoms with Crippen LogP contribution in [-0.2, 0) is 32.2 Å². The summed E-state index contributed by atoms with van der Waals surface area (Å²) < 4.78 is 70.3. The Hall–Kier alpha value is -2.49. The second-order valence-corrected chi connectivity index (χ2v) is 7.21. The zero-order valence-electron chi connectivity index (χ0n) is 16.7. The summed E-state index contributed by atoms with van der Waals surface area (Å²) in [7, 11) is 0. The molecule has 0 unspecified atom stereocenters. The maximum absolute atomic E-state index is 15.3. The minimum Gasteiger partial charge on any atom is -0.368 e. The molecule has 5 nitrogen and oxygen atoms in total. The van der Waals surface area contributed by atoms with Crippen LogP contribution < -0.4 is 5.32 Å². The van der Waals surface area contributed by atoms with Crippen LogP contribution in [0.15, 0.2) is 60.7 Å². The summed E-state index contributed by atoms with van der Waals surface area (Å²) in [5, 5.41) is 1.81. The molecule has 1 amide bonds. The van der Waals surface area contributed by atoms with Gasteiger partial charge in [0.1, 0.15) is 6.10 Å². The topological polar surface area (TPSA) is 56.8 Å². The second kappa shape index (κ2) is 10.2. The predicted octanol–water partition coefficient (Wildman–Crippen LogP) is 3.92. The van der Waals surface area contributed by atoms with Gasteiger partial charge in [0.25, 0.3) is 0 Å². The van der Waals surface area contributed by atoms with Crippen LogP contribution in [0.25, 0.3) is 0 Å². The van der Waals surface area contributed by atoms with E-state index in [1.165, 1.54) is 6.92 Å². The van der Waals surface area contributed by atoms with Gasteiger partial charge in [0.2, 0.25) is 0 Å². The van der Waals surface area contributed by atoms with Crippen LogP contribution in [0.4, 0.5) is 17.6 Å². The Kier molecular flexibility index (Phi) is 7.64. The molecule has 3 rings (SSSR count). The van der Waals surface area contributed by atoms with E-state index in [-0.39, 0.29) is 13.2 Å². The number of rotatable bonds is 7. The van der Waals surface area contributed by atoms with Crippen molar-refractivity contribution in [2.75, 3.05) is 0 Å². The maximum atomic E-state index is 15.3. The molecule has 0 aromatic heterocycles. The minimum atomic E-state index is -5.11. The van der Waals surface area contributed by atoms with Gasteiger partial charge >= 0.3 is 12.1 Å². The van der Waals surface area contributed by atoms with Gasteiger partial charge in [-0.1, -0.05) is 60.7 Å². The summed E-state index contributed by atoms with van der Waals surface area (Å²) in [5.74, 6) is -2.18. The van der Waals surface area contributed by atoms with Crippen LogP contribution in [0, 0.1) is 0 Å². The Morgan fingerprint density at radius 2 is 1.48 bits per heavy atom. The maximum Gasteiger partial charge on any atom is 0.471 e. The number of nitrogens with one attached hydrogen (secondary N) is 1. The Morgan fingerprint density at radius 3 is 2.00 bits per heavy atom. The standard InChI is InChI=1S/C22H23F4NO4/c1-14-18(27-21(28)22(24,25)26)19(29-12-15-8-4-2-5-9-15)17(23)20(31-14)30-13-16-10-6-3-7-11-16/h2-11,14,17-20H,12-13H2,1H3,(H,27,28)/t14-,17-,18+,19-,20+/m1/s1. The molecule has 1 N–H and O–H groups in total. The molecule has 168 valence electrons. The predicted molar refractivity (Wildman–Crippen MR) is 103 cm³/mol. The fourth-order valence-corrected chi connectivity index (χ4v) is 3.27. The number of hydrogen-bond acceptors (Lipinski definition) is 4. The molecule has 5 atom stereocenters.